The summed E-state index contributed by atoms with van der Waals surface area (Å²) < 4.78 is 0. The van der Waals surface area contributed by atoms with E-state index < -0.39 is 0 Å². The van der Waals surface area contributed by atoms with Gasteiger partial charge in [0.05, 0.1) is 0 Å². The minimum absolute atomic E-state index is 0. The molecule has 0 fully saturated rings. The van der Waals surface area contributed by atoms with Gasteiger partial charge in [-0.05, 0) is 0 Å². The minimum atomic E-state index is 0. The maximum absolute atomic E-state index is 0. The predicted octanol–water partition coefficient (Wildman–Crippen LogP) is -17.9. The van der Waals surface area contributed by atoms with Gasteiger partial charge in [0.15, 0.2) is 0 Å². The molecule has 0 aromatic heterocycles. The fraction of sp³-hybridized carbons (Fsp3) is 0. The third kappa shape index (κ3) is 600. The minimum Gasteiger partial charge on any atom is -1.00 e. The number of hydrogen-bond acceptors (Lipinski definition) is 0. The van der Waals surface area contributed by atoms with Crippen molar-refractivity contribution in [1.29, 1.82) is 0 Å². The Labute approximate surface area is 56.5 Å². The summed E-state index contributed by atoms with van der Waals surface area (Å²) >= 11 is 0. The van der Waals surface area contributed by atoms with E-state index in [1.165, 1.54) is 0 Å². The molecule has 0 aliphatic rings. The fourth-order valence-corrected chi connectivity index (χ4v) is 0. The number of halogens is 6. The molecule has 7 heavy (non-hydrogen) atoms. The van der Waals surface area contributed by atoms with Crippen LogP contribution in [0.25, 0.3) is 0 Å². The van der Waals surface area contributed by atoms with E-state index in [0.717, 1.165) is 0 Å². The largest absolute Gasteiger partial charge is 4.00 e. The van der Waals surface area contributed by atoms with Gasteiger partial charge in [-0.2, -0.15) is 0 Å². The molecule has 0 aliphatic carbocycles. The number of hydrogen-bond donors (Lipinski definition) is 0. The van der Waals surface area contributed by atoms with E-state index >= 15 is 0 Å². The van der Waals surface area contributed by atoms with E-state index in [2.05, 4.69) is 0 Å². The van der Waals surface area contributed by atoms with Crippen molar-refractivity contribution in [2.24, 2.45) is 0 Å². The van der Waals surface area contributed by atoms with Crippen molar-refractivity contribution in [2.75, 3.05) is 0 Å². The zero-order valence-electron chi connectivity index (χ0n) is 3.77. The summed E-state index contributed by atoms with van der Waals surface area (Å²) in [5.41, 5.74) is 0. The van der Waals surface area contributed by atoms with Crippen LogP contribution in [0.4, 0.5) is 0 Å². The van der Waals surface area contributed by atoms with Gasteiger partial charge in [0.2, 0.25) is 0 Å². The van der Waals surface area contributed by atoms with Crippen LogP contribution >= 0.6 is 0 Å². The Hall–Kier alpha value is 0.463. The van der Waals surface area contributed by atoms with Crippen LogP contribution in [0.3, 0.4) is 0 Å². The Bertz CT molecular complexity index is 8.49. The molecule has 0 aliphatic heterocycles. The normalized spacial score (nSPS) is 0. The third-order valence-corrected chi connectivity index (χ3v) is 0. The second kappa shape index (κ2) is 899. The molecule has 0 saturated carbocycles. The van der Waals surface area contributed by atoms with Crippen LogP contribution in [0.2, 0.25) is 0 Å². The van der Waals surface area contributed by atoms with Crippen LogP contribution in [-0.2, 0) is 26.2 Å². The quantitative estimate of drug-likeness (QED) is 0.345. The molecule has 0 rings (SSSR count). The molecule has 48 valence electrons. The first-order valence-corrected chi connectivity index (χ1v) is 0. The maximum atomic E-state index is 0. The van der Waals surface area contributed by atoms with E-state index in [9.17, 15) is 0 Å². The van der Waals surface area contributed by atoms with Crippen molar-refractivity contribution in [3.8, 4) is 0 Å². The molecule has 0 spiro atoms. The first kappa shape index (κ1) is 1450. The summed E-state index contributed by atoms with van der Waals surface area (Å²) in [6, 6.07) is 0. The van der Waals surface area contributed by atoms with Gasteiger partial charge in [0.1, 0.15) is 0 Å². The molecule has 0 heterocycles. The van der Waals surface area contributed by atoms with Crippen LogP contribution in [0.5, 0.6) is 0 Å². The van der Waals surface area contributed by atoms with Gasteiger partial charge in [0.25, 0.3) is 0 Å². The molecule has 0 nitrogen and oxygen atoms in total. The summed E-state index contributed by atoms with van der Waals surface area (Å²) in [6.45, 7) is 0. The van der Waals surface area contributed by atoms with Crippen LogP contribution in [-0.4, -0.2) is 0 Å². The average molecular weight is 206 g/mol. The molecule has 0 amide bonds. The SMILES string of the molecule is [F-].[F-].[F-].[F-].[F-].[F-].[H+].[Zr+4]. The summed E-state index contributed by atoms with van der Waals surface area (Å²) in [7, 11) is 0. The van der Waals surface area contributed by atoms with Crippen molar-refractivity contribution in [3.05, 3.63) is 0 Å². The van der Waals surface area contributed by atoms with Crippen LogP contribution in [0.15, 0.2) is 0 Å². The molecule has 0 aromatic carbocycles. The summed E-state index contributed by atoms with van der Waals surface area (Å²) in [5.74, 6) is 0. The van der Waals surface area contributed by atoms with Gasteiger partial charge in [0, 0.05) is 0 Å². The van der Waals surface area contributed by atoms with E-state index in [1.54, 1.807) is 0 Å². The summed E-state index contributed by atoms with van der Waals surface area (Å²) in [6.07, 6.45) is 0. The standard InChI is InChI=1S/6FH.Zr/h6*1H;/q;;;;;;+4/p-5. The Morgan fingerprint density at radius 2 is 0.429 bits per heavy atom. The number of rotatable bonds is 0. The van der Waals surface area contributed by atoms with Crippen molar-refractivity contribution < 1.29 is 55.9 Å². The van der Waals surface area contributed by atoms with Crippen molar-refractivity contribution >= 4 is 0 Å². The molecular weight excluding hydrogens is 205 g/mol. The van der Waals surface area contributed by atoms with E-state index in [-0.39, 0.29) is 55.9 Å². The third-order valence-electron chi connectivity index (χ3n) is 0. The van der Waals surface area contributed by atoms with Gasteiger partial charge in [-0.25, -0.2) is 0 Å². The molecule has 7 heteroatoms. The van der Waals surface area contributed by atoms with Gasteiger partial charge in [-0.1, -0.05) is 0 Å². The molecule has 0 atom stereocenters. The average Bonchev–Trinajstić information content (AvgIpc) is 0. The molecule has 0 aromatic rings. The zero-order valence-corrected chi connectivity index (χ0v) is 5.23. The van der Waals surface area contributed by atoms with E-state index in [1.807, 2.05) is 0 Å². The van der Waals surface area contributed by atoms with Crippen molar-refractivity contribution in [3.63, 3.8) is 0 Å². The smallest absolute Gasteiger partial charge is 1.00 e. The molecule has 0 bridgehead atoms. The predicted molar refractivity (Wildman–Crippen MR) is 1.11 cm³/mol. The topological polar surface area (TPSA) is 0 Å². The Morgan fingerprint density at radius 1 is 0.429 bits per heavy atom. The van der Waals surface area contributed by atoms with Gasteiger partial charge < -0.3 is 28.2 Å². The van der Waals surface area contributed by atoms with Gasteiger partial charge >= 0.3 is 27.6 Å². The Kier molecular flexibility index (Phi) is 187000. The summed E-state index contributed by atoms with van der Waals surface area (Å²) in [5, 5.41) is 0. The van der Waals surface area contributed by atoms with Crippen LogP contribution < -0.4 is 28.2 Å². The molecule has 0 saturated heterocycles. The van der Waals surface area contributed by atoms with Crippen LogP contribution in [0, 0.1) is 0 Å². The second-order valence-corrected chi connectivity index (χ2v) is 0. The summed E-state index contributed by atoms with van der Waals surface area (Å²) in [4.78, 5) is 0. The molecule has 0 unspecified atom stereocenters. The van der Waals surface area contributed by atoms with Gasteiger partial charge in [-0.3, -0.25) is 0 Å². The molecular formula is HF6Zr-. The Morgan fingerprint density at radius 3 is 0.429 bits per heavy atom. The molecule has 0 radical (unpaired) electrons. The maximum Gasteiger partial charge on any atom is 4.00 e. The first-order chi connectivity index (χ1) is 0. The monoisotopic (exact) mass is 205 g/mol. The first-order valence-electron chi connectivity index (χ1n) is 0. The van der Waals surface area contributed by atoms with Crippen molar-refractivity contribution in [2.45, 2.75) is 0 Å². The van der Waals surface area contributed by atoms with Crippen molar-refractivity contribution in [1.82, 2.24) is 0 Å². The second-order valence-electron chi connectivity index (χ2n) is 0. The van der Waals surface area contributed by atoms with E-state index in [0.29, 0.717) is 0 Å². The molecule has 0 N–H and O–H groups in total. The Balaban J connectivity index is 0. The fourth-order valence-electron chi connectivity index (χ4n) is 0. The van der Waals surface area contributed by atoms with Gasteiger partial charge in [-0.15, -0.1) is 0 Å². The zero-order chi connectivity index (χ0) is 0. The van der Waals surface area contributed by atoms with E-state index in [4.69, 9.17) is 0 Å². The van der Waals surface area contributed by atoms with Crippen LogP contribution in [0.1, 0.15) is 1.43 Å².